The monoisotopic (exact) mass is 236 g/mol. The van der Waals surface area contributed by atoms with E-state index in [2.05, 4.69) is 12.2 Å². The number of ether oxygens (including phenoxy) is 1. The van der Waals surface area contributed by atoms with Crippen LogP contribution >= 0.6 is 0 Å². The van der Waals surface area contributed by atoms with Crippen LogP contribution in [0.25, 0.3) is 0 Å². The molecule has 0 spiro atoms. The first-order valence-electron chi connectivity index (χ1n) is 5.82. The van der Waals surface area contributed by atoms with Crippen LogP contribution in [0, 0.1) is 5.92 Å². The number of carbonyl (C=O) groups is 1. The van der Waals surface area contributed by atoms with Crippen LogP contribution in [0.5, 0.6) is 5.75 Å². The van der Waals surface area contributed by atoms with Crippen LogP contribution in [-0.4, -0.2) is 13.0 Å². The number of benzene rings is 1. The van der Waals surface area contributed by atoms with Crippen molar-refractivity contribution in [3.8, 4) is 5.75 Å². The van der Waals surface area contributed by atoms with Gasteiger partial charge in [0.15, 0.2) is 0 Å². The normalized spacial score (nSPS) is 11.9. The molecule has 0 aliphatic heterocycles. The first kappa shape index (κ1) is 13.4. The Kier molecular flexibility index (Phi) is 4.82. The number of rotatable bonds is 5. The summed E-state index contributed by atoms with van der Waals surface area (Å²) in [4.78, 5) is 11.9. The second-order valence-corrected chi connectivity index (χ2v) is 4.14. The molecule has 0 aromatic heterocycles. The van der Waals surface area contributed by atoms with E-state index in [0.29, 0.717) is 17.1 Å². The summed E-state index contributed by atoms with van der Waals surface area (Å²) < 4.78 is 5.17. The van der Waals surface area contributed by atoms with Crippen LogP contribution in [0.4, 0.5) is 11.4 Å². The van der Waals surface area contributed by atoms with Gasteiger partial charge in [0.2, 0.25) is 5.91 Å². The molecular weight excluding hydrogens is 216 g/mol. The maximum Gasteiger partial charge on any atom is 0.227 e. The number of nitrogens with one attached hydrogen (secondary N) is 1. The molecular formula is C13H20N2O2. The van der Waals surface area contributed by atoms with Gasteiger partial charge in [-0.15, -0.1) is 0 Å². The fourth-order valence-corrected chi connectivity index (χ4v) is 1.63. The molecule has 0 bridgehead atoms. The van der Waals surface area contributed by atoms with Crippen LogP contribution in [0.2, 0.25) is 0 Å². The molecule has 0 saturated carbocycles. The third-order valence-corrected chi connectivity index (χ3v) is 2.65. The summed E-state index contributed by atoms with van der Waals surface area (Å²) in [5, 5.41) is 2.85. The van der Waals surface area contributed by atoms with Crippen molar-refractivity contribution in [2.24, 2.45) is 5.92 Å². The summed E-state index contributed by atoms with van der Waals surface area (Å²) in [5.74, 6) is 0.597. The Hall–Kier alpha value is -1.71. The van der Waals surface area contributed by atoms with Crippen molar-refractivity contribution in [3.05, 3.63) is 18.2 Å². The van der Waals surface area contributed by atoms with E-state index >= 15 is 0 Å². The number of amides is 1. The summed E-state index contributed by atoms with van der Waals surface area (Å²) in [7, 11) is 1.56. The van der Waals surface area contributed by atoms with Crippen LogP contribution in [0.3, 0.4) is 0 Å². The fraction of sp³-hybridized carbons (Fsp3) is 0.462. The number of nitrogens with two attached hydrogens (primary N) is 1. The smallest absolute Gasteiger partial charge is 0.227 e. The van der Waals surface area contributed by atoms with Gasteiger partial charge in [-0.2, -0.15) is 0 Å². The van der Waals surface area contributed by atoms with Gasteiger partial charge in [0.25, 0.3) is 0 Å². The minimum atomic E-state index is 0.00209. The summed E-state index contributed by atoms with van der Waals surface area (Å²) in [6.45, 7) is 3.98. The minimum absolute atomic E-state index is 0.00209. The van der Waals surface area contributed by atoms with Crippen LogP contribution < -0.4 is 15.8 Å². The van der Waals surface area contributed by atoms with Crippen molar-refractivity contribution in [3.63, 3.8) is 0 Å². The third kappa shape index (κ3) is 3.66. The van der Waals surface area contributed by atoms with Crippen LogP contribution in [0.1, 0.15) is 26.7 Å². The molecule has 4 heteroatoms. The predicted octanol–water partition coefficient (Wildman–Crippen LogP) is 2.65. The quantitative estimate of drug-likeness (QED) is 0.772. The number of anilines is 2. The van der Waals surface area contributed by atoms with E-state index in [9.17, 15) is 4.79 Å². The maximum atomic E-state index is 11.9. The second-order valence-electron chi connectivity index (χ2n) is 4.14. The van der Waals surface area contributed by atoms with E-state index in [0.717, 1.165) is 12.8 Å². The van der Waals surface area contributed by atoms with E-state index < -0.39 is 0 Å². The van der Waals surface area contributed by atoms with Crippen molar-refractivity contribution >= 4 is 17.3 Å². The fourth-order valence-electron chi connectivity index (χ4n) is 1.63. The van der Waals surface area contributed by atoms with E-state index in [4.69, 9.17) is 10.5 Å². The molecule has 0 heterocycles. The topological polar surface area (TPSA) is 64.4 Å². The molecule has 0 saturated heterocycles. The van der Waals surface area contributed by atoms with E-state index in [1.807, 2.05) is 6.92 Å². The highest BCUT2D eigenvalue weighted by Gasteiger charge is 2.14. The van der Waals surface area contributed by atoms with E-state index in [1.54, 1.807) is 25.3 Å². The third-order valence-electron chi connectivity index (χ3n) is 2.65. The van der Waals surface area contributed by atoms with Crippen LogP contribution in [0.15, 0.2) is 18.2 Å². The Balaban J connectivity index is 2.77. The SMILES string of the molecule is CCC[C@H](C)C(=O)Nc1ccc(N)cc1OC. The highest BCUT2D eigenvalue weighted by Crippen LogP contribution is 2.27. The lowest BCUT2D eigenvalue weighted by molar-refractivity contribution is -0.119. The Morgan fingerprint density at radius 3 is 2.82 bits per heavy atom. The minimum Gasteiger partial charge on any atom is -0.494 e. The first-order chi connectivity index (χ1) is 8.08. The zero-order chi connectivity index (χ0) is 12.8. The van der Waals surface area contributed by atoms with Crippen molar-refractivity contribution in [2.75, 3.05) is 18.2 Å². The standard InChI is InChI=1S/C13H20N2O2/c1-4-5-9(2)13(16)15-11-7-6-10(14)8-12(11)17-3/h6-9H,4-5,14H2,1-3H3,(H,15,16)/t9-/m0/s1. The molecule has 1 aromatic rings. The number of hydrogen-bond donors (Lipinski definition) is 2. The van der Waals surface area contributed by atoms with Crippen molar-refractivity contribution in [2.45, 2.75) is 26.7 Å². The van der Waals surface area contributed by atoms with Gasteiger partial charge >= 0.3 is 0 Å². The Morgan fingerprint density at radius 2 is 2.24 bits per heavy atom. The van der Waals surface area contributed by atoms with Crippen molar-refractivity contribution in [1.29, 1.82) is 0 Å². The number of nitrogen functional groups attached to an aromatic ring is 1. The molecule has 0 aliphatic rings. The van der Waals surface area contributed by atoms with Crippen molar-refractivity contribution < 1.29 is 9.53 Å². The lowest BCUT2D eigenvalue weighted by Gasteiger charge is -2.14. The molecule has 17 heavy (non-hydrogen) atoms. The highest BCUT2D eigenvalue weighted by atomic mass is 16.5. The first-order valence-corrected chi connectivity index (χ1v) is 5.82. The van der Waals surface area contributed by atoms with E-state index in [-0.39, 0.29) is 11.8 Å². The molecule has 4 nitrogen and oxygen atoms in total. The predicted molar refractivity (Wildman–Crippen MR) is 70.1 cm³/mol. The zero-order valence-corrected chi connectivity index (χ0v) is 10.6. The van der Waals surface area contributed by atoms with Gasteiger partial charge in [-0.05, 0) is 18.6 Å². The van der Waals surface area contributed by atoms with E-state index in [1.165, 1.54) is 0 Å². The maximum absolute atomic E-state index is 11.9. The van der Waals surface area contributed by atoms with Gasteiger partial charge in [-0.1, -0.05) is 20.3 Å². The van der Waals surface area contributed by atoms with Crippen LogP contribution in [-0.2, 0) is 4.79 Å². The molecule has 0 fully saturated rings. The lowest BCUT2D eigenvalue weighted by Crippen LogP contribution is -2.20. The molecule has 1 amide bonds. The summed E-state index contributed by atoms with van der Waals surface area (Å²) in [5.41, 5.74) is 6.92. The Labute approximate surface area is 102 Å². The molecule has 0 aliphatic carbocycles. The molecule has 1 aromatic carbocycles. The highest BCUT2D eigenvalue weighted by molar-refractivity contribution is 5.94. The Bertz CT molecular complexity index is 391. The van der Waals surface area contributed by atoms with Gasteiger partial charge < -0.3 is 15.8 Å². The lowest BCUT2D eigenvalue weighted by atomic mass is 10.1. The number of methoxy groups -OCH3 is 1. The average molecular weight is 236 g/mol. The van der Waals surface area contributed by atoms with Gasteiger partial charge in [0.05, 0.1) is 12.8 Å². The van der Waals surface area contributed by atoms with Gasteiger partial charge in [0, 0.05) is 17.7 Å². The summed E-state index contributed by atoms with van der Waals surface area (Å²) >= 11 is 0. The average Bonchev–Trinajstić information content (AvgIpc) is 2.31. The van der Waals surface area contributed by atoms with Gasteiger partial charge in [0.1, 0.15) is 5.75 Å². The zero-order valence-electron chi connectivity index (χ0n) is 10.6. The molecule has 3 N–H and O–H groups in total. The molecule has 0 unspecified atom stereocenters. The molecule has 94 valence electrons. The van der Waals surface area contributed by atoms with Gasteiger partial charge in [-0.25, -0.2) is 0 Å². The largest absolute Gasteiger partial charge is 0.494 e. The van der Waals surface area contributed by atoms with Crippen molar-refractivity contribution in [1.82, 2.24) is 0 Å². The second kappa shape index (κ2) is 6.13. The molecule has 0 radical (unpaired) electrons. The molecule has 1 rings (SSSR count). The van der Waals surface area contributed by atoms with Gasteiger partial charge in [-0.3, -0.25) is 4.79 Å². The number of carbonyl (C=O) groups excluding carboxylic acids is 1. The summed E-state index contributed by atoms with van der Waals surface area (Å²) in [6, 6.07) is 5.19. The molecule has 1 atom stereocenters. The Morgan fingerprint density at radius 1 is 1.53 bits per heavy atom. The summed E-state index contributed by atoms with van der Waals surface area (Å²) in [6.07, 6.45) is 1.87. The number of hydrogen-bond acceptors (Lipinski definition) is 3.